The zero-order chi connectivity index (χ0) is 16.9. The number of fused-ring (bicyclic) bond motifs is 1. The van der Waals surface area contributed by atoms with Gasteiger partial charge in [-0.1, -0.05) is 0 Å². The van der Waals surface area contributed by atoms with Crippen molar-refractivity contribution < 1.29 is 9.47 Å². The molecule has 0 amide bonds. The summed E-state index contributed by atoms with van der Waals surface area (Å²) in [6.45, 7) is 0.524. The largest absolute Gasteiger partial charge is 0.497 e. The van der Waals surface area contributed by atoms with Crippen LogP contribution in [0.3, 0.4) is 0 Å². The fourth-order valence-electron chi connectivity index (χ4n) is 2.44. The molecule has 0 fully saturated rings. The average Bonchev–Trinajstić information content (AvgIpc) is 2.65. The molecule has 0 atom stereocenters. The van der Waals surface area contributed by atoms with Crippen LogP contribution in [0.5, 0.6) is 11.5 Å². The molecule has 0 aliphatic heterocycles. The number of hydrogen-bond acceptors (Lipinski definition) is 6. The molecule has 24 heavy (non-hydrogen) atoms. The molecule has 120 valence electrons. The van der Waals surface area contributed by atoms with Crippen LogP contribution in [0.1, 0.15) is 11.1 Å². The zero-order valence-electron chi connectivity index (χ0n) is 13.4. The van der Waals surface area contributed by atoms with E-state index >= 15 is 0 Å². The van der Waals surface area contributed by atoms with Crippen molar-refractivity contribution in [3.63, 3.8) is 0 Å². The molecule has 0 spiro atoms. The Balaban J connectivity index is 1.90. The number of anilines is 1. The molecule has 6 heteroatoms. The van der Waals surface area contributed by atoms with E-state index in [0.717, 1.165) is 28.0 Å². The van der Waals surface area contributed by atoms with Gasteiger partial charge in [0.1, 0.15) is 23.6 Å². The Morgan fingerprint density at radius 3 is 2.71 bits per heavy atom. The molecule has 0 saturated heterocycles. The van der Waals surface area contributed by atoms with E-state index in [0.29, 0.717) is 17.9 Å². The first-order valence-electron chi connectivity index (χ1n) is 7.35. The zero-order valence-corrected chi connectivity index (χ0v) is 13.4. The molecule has 3 aromatic rings. The first kappa shape index (κ1) is 15.6. The number of nitriles is 1. The summed E-state index contributed by atoms with van der Waals surface area (Å²) in [5.74, 6) is 2.15. The molecule has 6 nitrogen and oxygen atoms in total. The molecule has 0 aliphatic carbocycles. The number of nitrogens with zero attached hydrogens (tertiary/aromatic N) is 3. The van der Waals surface area contributed by atoms with Gasteiger partial charge in [0.15, 0.2) is 0 Å². The SMILES string of the molecule is COc1ccc(CNc2ncnc3ccc(C#N)cc23)c(OC)c1. The predicted molar refractivity (Wildman–Crippen MR) is 91.1 cm³/mol. The van der Waals surface area contributed by atoms with Gasteiger partial charge in [0.05, 0.1) is 31.4 Å². The van der Waals surface area contributed by atoms with Gasteiger partial charge in [-0.25, -0.2) is 9.97 Å². The number of rotatable bonds is 5. The lowest BCUT2D eigenvalue weighted by molar-refractivity contribution is 0.391. The minimum atomic E-state index is 0.524. The van der Waals surface area contributed by atoms with E-state index in [-0.39, 0.29) is 0 Å². The predicted octanol–water partition coefficient (Wildman–Crippen LogP) is 3.13. The first-order valence-corrected chi connectivity index (χ1v) is 7.35. The van der Waals surface area contributed by atoms with Crippen LogP contribution in [0.25, 0.3) is 10.9 Å². The van der Waals surface area contributed by atoms with E-state index in [2.05, 4.69) is 21.4 Å². The molecule has 0 unspecified atom stereocenters. The Hall–Kier alpha value is -3.33. The van der Waals surface area contributed by atoms with E-state index in [4.69, 9.17) is 14.7 Å². The molecule has 1 heterocycles. The number of nitrogens with one attached hydrogen (secondary N) is 1. The highest BCUT2D eigenvalue weighted by atomic mass is 16.5. The molecule has 3 rings (SSSR count). The van der Waals surface area contributed by atoms with Crippen molar-refractivity contribution in [1.29, 1.82) is 5.26 Å². The van der Waals surface area contributed by atoms with Crippen LogP contribution in [-0.2, 0) is 6.54 Å². The van der Waals surface area contributed by atoms with Crippen LogP contribution in [0.4, 0.5) is 5.82 Å². The summed E-state index contributed by atoms with van der Waals surface area (Å²) >= 11 is 0. The maximum Gasteiger partial charge on any atom is 0.137 e. The summed E-state index contributed by atoms with van der Waals surface area (Å²) in [4.78, 5) is 8.52. The summed E-state index contributed by atoms with van der Waals surface area (Å²) < 4.78 is 10.6. The summed E-state index contributed by atoms with van der Waals surface area (Å²) in [6, 6.07) is 13.1. The summed E-state index contributed by atoms with van der Waals surface area (Å²) in [6.07, 6.45) is 1.50. The molecule has 0 radical (unpaired) electrons. The maximum atomic E-state index is 9.07. The van der Waals surface area contributed by atoms with Crippen molar-refractivity contribution in [2.45, 2.75) is 6.54 Å². The Morgan fingerprint density at radius 1 is 1.08 bits per heavy atom. The van der Waals surface area contributed by atoms with Crippen LogP contribution in [-0.4, -0.2) is 24.2 Å². The van der Waals surface area contributed by atoms with Crippen LogP contribution < -0.4 is 14.8 Å². The second kappa shape index (κ2) is 6.84. The molecule has 1 N–H and O–H groups in total. The molecular formula is C18H16N4O2. The number of benzene rings is 2. The van der Waals surface area contributed by atoms with Crippen molar-refractivity contribution in [2.75, 3.05) is 19.5 Å². The second-order valence-electron chi connectivity index (χ2n) is 5.10. The highest BCUT2D eigenvalue weighted by Crippen LogP contribution is 2.26. The highest BCUT2D eigenvalue weighted by Gasteiger charge is 2.08. The molecule has 1 aromatic heterocycles. The van der Waals surface area contributed by atoms with E-state index in [1.54, 1.807) is 26.4 Å². The van der Waals surface area contributed by atoms with Crippen molar-refractivity contribution in [2.24, 2.45) is 0 Å². The second-order valence-corrected chi connectivity index (χ2v) is 5.10. The normalized spacial score (nSPS) is 10.2. The number of aromatic nitrogens is 2. The van der Waals surface area contributed by atoms with E-state index in [9.17, 15) is 0 Å². The van der Waals surface area contributed by atoms with Gasteiger partial charge >= 0.3 is 0 Å². The Kier molecular flexibility index (Phi) is 4.43. The van der Waals surface area contributed by atoms with Crippen molar-refractivity contribution in [1.82, 2.24) is 9.97 Å². The fraction of sp³-hybridized carbons (Fsp3) is 0.167. The topological polar surface area (TPSA) is 80.1 Å². The van der Waals surface area contributed by atoms with Crippen LogP contribution in [0.2, 0.25) is 0 Å². The van der Waals surface area contributed by atoms with Gasteiger partial charge in [0.25, 0.3) is 0 Å². The van der Waals surface area contributed by atoms with Crippen molar-refractivity contribution >= 4 is 16.7 Å². The van der Waals surface area contributed by atoms with Crippen molar-refractivity contribution in [3.05, 3.63) is 53.9 Å². The third kappa shape index (κ3) is 3.06. The van der Waals surface area contributed by atoms with E-state index in [1.807, 2.05) is 24.3 Å². The lowest BCUT2D eigenvalue weighted by Crippen LogP contribution is -2.04. The van der Waals surface area contributed by atoms with Crippen LogP contribution >= 0.6 is 0 Å². The first-order chi connectivity index (χ1) is 11.7. The van der Waals surface area contributed by atoms with Gasteiger partial charge in [0, 0.05) is 23.6 Å². The minimum Gasteiger partial charge on any atom is -0.497 e. The summed E-state index contributed by atoms with van der Waals surface area (Å²) in [5, 5.41) is 13.2. The van der Waals surface area contributed by atoms with Gasteiger partial charge in [-0.15, -0.1) is 0 Å². The van der Waals surface area contributed by atoms with Gasteiger partial charge in [0.2, 0.25) is 0 Å². The van der Waals surface area contributed by atoms with Gasteiger partial charge in [-0.3, -0.25) is 0 Å². The number of ether oxygens (including phenoxy) is 2. The smallest absolute Gasteiger partial charge is 0.137 e. The average molecular weight is 320 g/mol. The third-order valence-electron chi connectivity index (χ3n) is 3.70. The van der Waals surface area contributed by atoms with Gasteiger partial charge in [-0.05, 0) is 30.3 Å². The standard InChI is InChI=1S/C18H16N4O2/c1-23-14-5-4-13(17(8-14)24-2)10-20-18-15-7-12(9-19)3-6-16(15)21-11-22-18/h3-8,11H,10H2,1-2H3,(H,20,21,22). The highest BCUT2D eigenvalue weighted by molar-refractivity contribution is 5.89. The van der Waals surface area contributed by atoms with Gasteiger partial charge in [-0.2, -0.15) is 5.26 Å². The van der Waals surface area contributed by atoms with E-state index < -0.39 is 0 Å². The molecule has 0 aliphatic rings. The van der Waals surface area contributed by atoms with Crippen molar-refractivity contribution in [3.8, 4) is 17.6 Å². The lowest BCUT2D eigenvalue weighted by Gasteiger charge is -2.12. The number of methoxy groups -OCH3 is 2. The summed E-state index contributed by atoms with van der Waals surface area (Å²) in [5.41, 5.74) is 2.33. The Morgan fingerprint density at radius 2 is 1.96 bits per heavy atom. The van der Waals surface area contributed by atoms with Crippen LogP contribution in [0.15, 0.2) is 42.7 Å². The van der Waals surface area contributed by atoms with Gasteiger partial charge < -0.3 is 14.8 Å². The van der Waals surface area contributed by atoms with E-state index in [1.165, 1.54) is 6.33 Å². The Labute approximate surface area is 139 Å². The fourth-order valence-corrected chi connectivity index (χ4v) is 2.44. The molecular weight excluding hydrogens is 304 g/mol. The Bertz CT molecular complexity index is 919. The quantitative estimate of drug-likeness (QED) is 0.778. The maximum absolute atomic E-state index is 9.07. The molecule has 0 saturated carbocycles. The summed E-state index contributed by atoms with van der Waals surface area (Å²) in [7, 11) is 3.24. The van der Waals surface area contributed by atoms with Crippen LogP contribution in [0, 0.1) is 11.3 Å². The minimum absolute atomic E-state index is 0.524. The lowest BCUT2D eigenvalue weighted by atomic mass is 10.1. The number of hydrogen-bond donors (Lipinski definition) is 1. The molecule has 0 bridgehead atoms. The monoisotopic (exact) mass is 320 g/mol. The third-order valence-corrected chi connectivity index (χ3v) is 3.70. The molecule has 2 aromatic carbocycles.